The maximum absolute atomic E-state index is 12.6. The van der Waals surface area contributed by atoms with Gasteiger partial charge >= 0.3 is 0 Å². The van der Waals surface area contributed by atoms with Crippen molar-refractivity contribution in [3.63, 3.8) is 0 Å². The fraction of sp³-hybridized carbons (Fsp3) is 0.294. The number of ether oxygens (including phenoxy) is 1. The van der Waals surface area contributed by atoms with E-state index in [4.69, 9.17) is 4.74 Å². The highest BCUT2D eigenvalue weighted by Crippen LogP contribution is 2.19. The molecule has 2 aromatic rings. The highest BCUT2D eigenvalue weighted by molar-refractivity contribution is 7.98. The molecule has 2 rings (SSSR count). The zero-order valence-electron chi connectivity index (χ0n) is 13.1. The first-order valence-corrected chi connectivity index (χ1v) is 8.34. The molecular weight excluding hydrogens is 296 g/mol. The number of aromatic nitrogens is 1. The highest BCUT2D eigenvalue weighted by atomic mass is 32.2. The first-order valence-electron chi connectivity index (χ1n) is 7.12. The molecule has 0 unspecified atom stereocenters. The summed E-state index contributed by atoms with van der Waals surface area (Å²) >= 11 is 1.70. The number of pyridine rings is 1. The van der Waals surface area contributed by atoms with E-state index in [2.05, 4.69) is 17.1 Å². The van der Waals surface area contributed by atoms with Gasteiger partial charge in [-0.2, -0.15) is 0 Å². The Morgan fingerprint density at radius 2 is 2.00 bits per heavy atom. The summed E-state index contributed by atoms with van der Waals surface area (Å²) in [5.41, 5.74) is 1.59. The van der Waals surface area contributed by atoms with Crippen LogP contribution in [0.25, 0.3) is 0 Å². The summed E-state index contributed by atoms with van der Waals surface area (Å²) in [6.07, 6.45) is 3.67. The molecule has 22 heavy (non-hydrogen) atoms. The lowest BCUT2D eigenvalue weighted by Crippen LogP contribution is -2.27. The molecule has 0 aliphatic rings. The molecule has 1 aromatic carbocycles. The van der Waals surface area contributed by atoms with Crippen LogP contribution in [0.4, 0.5) is 0 Å². The third-order valence-corrected chi connectivity index (χ3v) is 3.95. The molecule has 5 heteroatoms. The Bertz CT molecular complexity index is 629. The van der Waals surface area contributed by atoms with Gasteiger partial charge < -0.3 is 9.64 Å². The van der Waals surface area contributed by atoms with E-state index in [-0.39, 0.29) is 5.91 Å². The van der Waals surface area contributed by atoms with E-state index in [1.54, 1.807) is 42.0 Å². The van der Waals surface area contributed by atoms with Gasteiger partial charge in [-0.05, 0) is 43.0 Å². The highest BCUT2D eigenvalue weighted by Gasteiger charge is 2.17. The molecule has 1 aromatic heterocycles. The minimum absolute atomic E-state index is 0.0921. The second-order valence-electron chi connectivity index (χ2n) is 4.80. The Morgan fingerprint density at radius 3 is 2.64 bits per heavy atom. The van der Waals surface area contributed by atoms with Gasteiger partial charge in [0.25, 0.3) is 5.91 Å². The van der Waals surface area contributed by atoms with Gasteiger partial charge in [0.05, 0.1) is 6.61 Å². The van der Waals surface area contributed by atoms with E-state index in [9.17, 15) is 4.79 Å². The van der Waals surface area contributed by atoms with Gasteiger partial charge in [0, 0.05) is 24.7 Å². The van der Waals surface area contributed by atoms with Gasteiger partial charge in [-0.25, -0.2) is 4.98 Å². The molecule has 0 saturated carbocycles. The number of nitrogens with zero attached hydrogens (tertiary/aromatic N) is 2. The summed E-state index contributed by atoms with van der Waals surface area (Å²) in [4.78, 5) is 19.6. The lowest BCUT2D eigenvalue weighted by molar-refractivity contribution is 0.0780. The first kappa shape index (κ1) is 16.4. The fourth-order valence-corrected chi connectivity index (χ4v) is 2.50. The number of carbonyl (C=O) groups is 1. The maximum Gasteiger partial charge on any atom is 0.259 e. The number of rotatable bonds is 6. The molecule has 1 heterocycles. The van der Waals surface area contributed by atoms with E-state index >= 15 is 0 Å². The largest absolute Gasteiger partial charge is 0.477 e. The molecule has 116 valence electrons. The van der Waals surface area contributed by atoms with Gasteiger partial charge in [0.1, 0.15) is 5.56 Å². The van der Waals surface area contributed by atoms with Crippen molar-refractivity contribution in [3.05, 3.63) is 53.7 Å². The van der Waals surface area contributed by atoms with Crippen molar-refractivity contribution in [3.8, 4) is 5.88 Å². The summed E-state index contributed by atoms with van der Waals surface area (Å²) in [7, 11) is 1.79. The molecule has 0 spiro atoms. The van der Waals surface area contributed by atoms with Crippen LogP contribution in [0.3, 0.4) is 0 Å². The smallest absolute Gasteiger partial charge is 0.259 e. The van der Waals surface area contributed by atoms with Crippen LogP contribution in [0.2, 0.25) is 0 Å². The average Bonchev–Trinajstić information content (AvgIpc) is 2.55. The lowest BCUT2D eigenvalue weighted by Gasteiger charge is -2.18. The quantitative estimate of drug-likeness (QED) is 0.765. The van der Waals surface area contributed by atoms with Crippen LogP contribution >= 0.6 is 11.8 Å². The average molecular weight is 316 g/mol. The van der Waals surface area contributed by atoms with Crippen LogP contribution in [0.1, 0.15) is 22.8 Å². The number of hydrogen-bond acceptors (Lipinski definition) is 4. The fourth-order valence-electron chi connectivity index (χ4n) is 2.09. The van der Waals surface area contributed by atoms with Gasteiger partial charge in [0.15, 0.2) is 0 Å². The van der Waals surface area contributed by atoms with Gasteiger partial charge in [-0.1, -0.05) is 12.1 Å². The number of benzene rings is 1. The van der Waals surface area contributed by atoms with Crippen molar-refractivity contribution in [1.29, 1.82) is 0 Å². The molecule has 0 fully saturated rings. The predicted molar refractivity (Wildman–Crippen MR) is 89.4 cm³/mol. The number of thioether (sulfide) groups is 1. The monoisotopic (exact) mass is 316 g/mol. The topological polar surface area (TPSA) is 42.4 Å². The first-order chi connectivity index (χ1) is 10.7. The van der Waals surface area contributed by atoms with E-state index in [1.807, 2.05) is 25.3 Å². The maximum atomic E-state index is 12.6. The van der Waals surface area contributed by atoms with Crippen LogP contribution in [0, 0.1) is 0 Å². The molecule has 0 saturated heterocycles. The normalized spacial score (nSPS) is 10.3. The Hall–Kier alpha value is -2.01. The minimum atomic E-state index is -0.0921. The third kappa shape index (κ3) is 4.01. The summed E-state index contributed by atoms with van der Waals surface area (Å²) in [5, 5.41) is 0. The zero-order valence-corrected chi connectivity index (χ0v) is 13.9. The zero-order chi connectivity index (χ0) is 15.9. The van der Waals surface area contributed by atoms with Crippen LogP contribution < -0.4 is 4.74 Å². The Balaban J connectivity index is 2.11. The number of hydrogen-bond donors (Lipinski definition) is 0. The standard InChI is InChI=1S/C17H20N2O2S/c1-4-21-16-15(6-5-11-18-16)17(20)19(2)12-13-7-9-14(22-3)10-8-13/h5-11H,4,12H2,1-3H3. The third-order valence-electron chi connectivity index (χ3n) is 3.21. The molecular formula is C17H20N2O2S. The van der Waals surface area contributed by atoms with Gasteiger partial charge in [-0.15, -0.1) is 11.8 Å². The molecule has 0 aliphatic carbocycles. The molecule has 1 amide bonds. The van der Waals surface area contributed by atoms with Gasteiger partial charge in [-0.3, -0.25) is 4.79 Å². The van der Waals surface area contributed by atoms with Gasteiger partial charge in [0.2, 0.25) is 5.88 Å². The van der Waals surface area contributed by atoms with Crippen molar-refractivity contribution in [1.82, 2.24) is 9.88 Å². The minimum Gasteiger partial charge on any atom is -0.477 e. The number of amides is 1. The molecule has 0 bridgehead atoms. The lowest BCUT2D eigenvalue weighted by atomic mass is 10.2. The number of carbonyl (C=O) groups excluding carboxylic acids is 1. The molecule has 0 aliphatic heterocycles. The van der Waals surface area contributed by atoms with Crippen LogP contribution in [0.15, 0.2) is 47.5 Å². The Kier molecular flexibility index (Phi) is 5.83. The molecule has 0 radical (unpaired) electrons. The summed E-state index contributed by atoms with van der Waals surface area (Å²) in [6.45, 7) is 2.91. The van der Waals surface area contributed by atoms with Crippen molar-refractivity contribution >= 4 is 17.7 Å². The second-order valence-corrected chi connectivity index (χ2v) is 5.68. The van der Waals surface area contributed by atoms with Crippen molar-refractivity contribution < 1.29 is 9.53 Å². The summed E-state index contributed by atoms with van der Waals surface area (Å²) in [6, 6.07) is 11.7. The van der Waals surface area contributed by atoms with Crippen LogP contribution in [-0.2, 0) is 6.54 Å². The van der Waals surface area contributed by atoms with Crippen molar-refractivity contribution in [2.24, 2.45) is 0 Å². The van der Waals surface area contributed by atoms with E-state index in [0.29, 0.717) is 24.6 Å². The van der Waals surface area contributed by atoms with Crippen molar-refractivity contribution in [2.75, 3.05) is 19.9 Å². The second kappa shape index (κ2) is 7.84. The molecule has 0 atom stereocenters. The molecule has 0 N–H and O–H groups in total. The van der Waals surface area contributed by atoms with E-state index in [1.165, 1.54) is 4.90 Å². The Labute approximate surface area is 135 Å². The summed E-state index contributed by atoms with van der Waals surface area (Å²) in [5.74, 6) is 0.296. The van der Waals surface area contributed by atoms with Crippen molar-refractivity contribution in [2.45, 2.75) is 18.4 Å². The summed E-state index contributed by atoms with van der Waals surface area (Å²) < 4.78 is 5.43. The van der Waals surface area contributed by atoms with E-state index < -0.39 is 0 Å². The predicted octanol–water partition coefficient (Wildman–Crippen LogP) is 3.47. The Morgan fingerprint density at radius 1 is 1.27 bits per heavy atom. The van der Waals surface area contributed by atoms with Crippen LogP contribution in [-0.4, -0.2) is 35.7 Å². The van der Waals surface area contributed by atoms with E-state index in [0.717, 1.165) is 5.56 Å². The van der Waals surface area contributed by atoms with Crippen LogP contribution in [0.5, 0.6) is 5.88 Å². The SMILES string of the molecule is CCOc1ncccc1C(=O)N(C)Cc1ccc(SC)cc1. The molecule has 4 nitrogen and oxygen atoms in total.